The largest absolute Gasteiger partial charge is 0.494 e. The zero-order valence-electron chi connectivity index (χ0n) is 17.2. The van der Waals surface area contributed by atoms with Crippen molar-refractivity contribution in [2.75, 3.05) is 19.0 Å². The monoisotopic (exact) mass is 412 g/mol. The molecule has 0 heterocycles. The number of methoxy groups -OCH3 is 1. The Hall–Kier alpha value is -2.60. The Morgan fingerprint density at radius 1 is 1.14 bits per heavy atom. The number of benzene rings is 2. The van der Waals surface area contributed by atoms with E-state index in [9.17, 15) is 4.79 Å². The van der Waals surface area contributed by atoms with Gasteiger partial charge >= 0.3 is 5.97 Å². The minimum absolute atomic E-state index is 0.192. The number of carbonyl (C=O) groups excluding carboxylic acids is 1. The van der Waals surface area contributed by atoms with E-state index < -0.39 is 0 Å². The minimum Gasteiger partial charge on any atom is -0.494 e. The van der Waals surface area contributed by atoms with Crippen molar-refractivity contribution in [3.8, 4) is 5.75 Å². The summed E-state index contributed by atoms with van der Waals surface area (Å²) in [4.78, 5) is 12.0. The van der Waals surface area contributed by atoms with Crippen molar-refractivity contribution in [1.82, 2.24) is 5.32 Å². The van der Waals surface area contributed by atoms with Crippen molar-refractivity contribution in [2.45, 2.75) is 45.1 Å². The number of rotatable bonds is 6. The summed E-state index contributed by atoms with van der Waals surface area (Å²) in [6.07, 6.45) is 4.34. The van der Waals surface area contributed by atoms with Crippen LogP contribution >= 0.6 is 12.2 Å². The molecule has 0 aliphatic heterocycles. The number of thiocarbonyl (C=S) groups is 1. The van der Waals surface area contributed by atoms with Gasteiger partial charge in [-0.1, -0.05) is 31.0 Å². The van der Waals surface area contributed by atoms with E-state index in [1.54, 1.807) is 6.07 Å². The Balaban J connectivity index is 1.78. The third-order valence-corrected chi connectivity index (χ3v) is 5.72. The first kappa shape index (κ1) is 21.1. The molecule has 1 aliphatic rings. The van der Waals surface area contributed by atoms with Crippen LogP contribution in [0.3, 0.4) is 0 Å². The molecule has 154 valence electrons. The van der Waals surface area contributed by atoms with Crippen molar-refractivity contribution in [2.24, 2.45) is 0 Å². The van der Waals surface area contributed by atoms with Crippen molar-refractivity contribution >= 4 is 29.0 Å². The van der Waals surface area contributed by atoms with Crippen LogP contribution in [0.25, 0.3) is 0 Å². The molecule has 2 aromatic rings. The van der Waals surface area contributed by atoms with Gasteiger partial charge in [0.05, 0.1) is 24.8 Å². The predicted octanol–water partition coefficient (Wildman–Crippen LogP) is 4.94. The second kappa shape index (κ2) is 9.27. The minimum atomic E-state index is -0.355. The molecule has 29 heavy (non-hydrogen) atoms. The molecule has 0 amide bonds. The maximum Gasteiger partial charge on any atom is 0.338 e. The maximum absolute atomic E-state index is 12.0. The van der Waals surface area contributed by atoms with Gasteiger partial charge in [0.25, 0.3) is 0 Å². The smallest absolute Gasteiger partial charge is 0.338 e. The third kappa shape index (κ3) is 4.70. The zero-order valence-corrected chi connectivity index (χ0v) is 18.0. The normalized spacial score (nSPS) is 14.9. The predicted molar refractivity (Wildman–Crippen MR) is 120 cm³/mol. The van der Waals surface area contributed by atoms with Crippen molar-refractivity contribution < 1.29 is 14.3 Å². The second-order valence-electron chi connectivity index (χ2n) is 7.30. The Kier molecular flexibility index (Phi) is 6.75. The van der Waals surface area contributed by atoms with E-state index in [1.165, 1.54) is 12.7 Å². The summed E-state index contributed by atoms with van der Waals surface area (Å²) >= 11 is 5.65. The lowest BCUT2D eigenvalue weighted by Crippen LogP contribution is -2.45. The highest BCUT2D eigenvalue weighted by molar-refractivity contribution is 7.80. The summed E-state index contributed by atoms with van der Waals surface area (Å²) in [5.41, 5.74) is 3.16. The van der Waals surface area contributed by atoms with Crippen LogP contribution in [0, 0.1) is 6.92 Å². The van der Waals surface area contributed by atoms with Gasteiger partial charge < -0.3 is 20.1 Å². The van der Waals surface area contributed by atoms with Crippen LogP contribution < -0.4 is 15.4 Å². The van der Waals surface area contributed by atoms with Gasteiger partial charge in [-0.2, -0.15) is 0 Å². The van der Waals surface area contributed by atoms with Gasteiger partial charge in [-0.15, -0.1) is 0 Å². The molecular formula is C23H28N2O3S. The molecule has 3 rings (SSSR count). The van der Waals surface area contributed by atoms with Gasteiger partial charge in [0.15, 0.2) is 5.11 Å². The molecular weight excluding hydrogens is 384 g/mol. The van der Waals surface area contributed by atoms with Crippen LogP contribution in [0.1, 0.15) is 54.1 Å². The summed E-state index contributed by atoms with van der Waals surface area (Å²) < 4.78 is 10.4. The molecule has 0 radical (unpaired) electrons. The lowest BCUT2D eigenvalue weighted by molar-refractivity contribution is 0.0600. The van der Waals surface area contributed by atoms with Crippen LogP contribution in [0.2, 0.25) is 0 Å². The number of nitrogens with one attached hydrogen (secondary N) is 2. The molecule has 1 fully saturated rings. The van der Waals surface area contributed by atoms with E-state index in [4.69, 9.17) is 21.7 Å². The Morgan fingerprint density at radius 2 is 1.83 bits per heavy atom. The van der Waals surface area contributed by atoms with Crippen LogP contribution in [0.5, 0.6) is 5.75 Å². The molecule has 1 saturated carbocycles. The topological polar surface area (TPSA) is 59.6 Å². The first-order valence-corrected chi connectivity index (χ1v) is 10.4. The van der Waals surface area contributed by atoms with Gasteiger partial charge in [0.2, 0.25) is 0 Å². The van der Waals surface area contributed by atoms with Crippen LogP contribution in [-0.4, -0.2) is 24.8 Å². The highest BCUT2D eigenvalue weighted by Gasteiger charge is 2.36. The van der Waals surface area contributed by atoms with E-state index in [2.05, 4.69) is 22.8 Å². The number of ether oxygens (including phenoxy) is 2. The summed E-state index contributed by atoms with van der Waals surface area (Å²) in [5, 5.41) is 7.38. The molecule has 2 aromatic carbocycles. The number of hydrogen-bond acceptors (Lipinski definition) is 4. The lowest BCUT2D eigenvalue weighted by atomic mass is 9.88. The number of carbonyl (C=O) groups is 1. The summed E-state index contributed by atoms with van der Waals surface area (Å²) in [6, 6.07) is 13.8. The fourth-order valence-corrected chi connectivity index (χ4v) is 4.28. The molecule has 6 heteroatoms. The number of esters is 1. The SMILES string of the molecule is CCOc1ccc(C2(NC(=S)Nc3cccc(C(=O)OC)c3C)CCCC2)cc1. The Morgan fingerprint density at radius 3 is 2.45 bits per heavy atom. The highest BCUT2D eigenvalue weighted by Crippen LogP contribution is 2.39. The highest BCUT2D eigenvalue weighted by atomic mass is 32.1. The molecule has 0 unspecified atom stereocenters. The molecule has 0 aromatic heterocycles. The summed E-state index contributed by atoms with van der Waals surface area (Å²) in [7, 11) is 1.38. The van der Waals surface area contributed by atoms with Gasteiger partial charge in [-0.05, 0) is 74.3 Å². The number of anilines is 1. The summed E-state index contributed by atoms with van der Waals surface area (Å²) in [6.45, 7) is 4.52. The van der Waals surface area contributed by atoms with Gasteiger partial charge in [-0.25, -0.2) is 4.79 Å². The van der Waals surface area contributed by atoms with E-state index >= 15 is 0 Å². The van der Waals surface area contributed by atoms with E-state index in [-0.39, 0.29) is 11.5 Å². The van der Waals surface area contributed by atoms with Crippen LogP contribution in [0.15, 0.2) is 42.5 Å². The standard InChI is InChI=1S/C23H28N2O3S/c1-4-28-18-12-10-17(11-13-18)23(14-5-6-15-23)25-22(29)24-20-9-7-8-19(16(20)2)21(26)27-3/h7-13H,4-6,14-15H2,1-3H3,(H2,24,25,29). The zero-order chi connectivity index (χ0) is 20.9. The van der Waals surface area contributed by atoms with E-state index in [0.717, 1.165) is 42.7 Å². The van der Waals surface area contributed by atoms with Gasteiger partial charge in [0.1, 0.15) is 5.75 Å². The second-order valence-corrected chi connectivity index (χ2v) is 7.70. The van der Waals surface area contributed by atoms with Crippen LogP contribution in [-0.2, 0) is 10.3 Å². The molecule has 0 spiro atoms. The Bertz CT molecular complexity index is 874. The fraction of sp³-hybridized carbons (Fsp3) is 0.391. The molecule has 5 nitrogen and oxygen atoms in total. The van der Waals surface area contributed by atoms with Gasteiger partial charge in [0, 0.05) is 5.69 Å². The van der Waals surface area contributed by atoms with E-state index in [0.29, 0.717) is 17.3 Å². The van der Waals surface area contributed by atoms with E-state index in [1.807, 2.05) is 38.1 Å². The number of hydrogen-bond donors (Lipinski definition) is 2. The molecule has 0 atom stereocenters. The quantitative estimate of drug-likeness (QED) is 0.518. The third-order valence-electron chi connectivity index (χ3n) is 5.52. The maximum atomic E-state index is 12.0. The molecule has 2 N–H and O–H groups in total. The molecule has 1 aliphatic carbocycles. The van der Waals surface area contributed by atoms with Gasteiger partial charge in [-0.3, -0.25) is 0 Å². The lowest BCUT2D eigenvalue weighted by Gasteiger charge is -2.33. The average Bonchev–Trinajstić information content (AvgIpc) is 3.19. The fourth-order valence-electron chi connectivity index (χ4n) is 3.97. The first-order chi connectivity index (χ1) is 14.0. The Labute approximate surface area is 177 Å². The molecule has 0 saturated heterocycles. The molecule has 0 bridgehead atoms. The van der Waals surface area contributed by atoms with Crippen molar-refractivity contribution in [1.29, 1.82) is 0 Å². The van der Waals surface area contributed by atoms with Crippen molar-refractivity contribution in [3.05, 3.63) is 59.2 Å². The van der Waals surface area contributed by atoms with Crippen LogP contribution in [0.4, 0.5) is 5.69 Å². The summed E-state index contributed by atoms with van der Waals surface area (Å²) in [5.74, 6) is 0.520. The average molecular weight is 413 g/mol. The van der Waals surface area contributed by atoms with Crippen molar-refractivity contribution in [3.63, 3.8) is 0 Å². The first-order valence-electron chi connectivity index (χ1n) is 9.99.